The van der Waals surface area contributed by atoms with E-state index >= 15 is 0 Å². The minimum Gasteiger partial charge on any atom is -0.508 e. The van der Waals surface area contributed by atoms with Crippen molar-refractivity contribution in [2.75, 3.05) is 5.32 Å². The SMILES string of the molecule is Oc1ccc(Cl)cc1CNc1ccc(OC(F)F)cc1. The van der Waals surface area contributed by atoms with Crippen LogP contribution in [0.2, 0.25) is 5.02 Å². The summed E-state index contributed by atoms with van der Waals surface area (Å²) in [4.78, 5) is 0. The van der Waals surface area contributed by atoms with E-state index in [1.165, 1.54) is 18.2 Å². The maximum atomic E-state index is 12.0. The van der Waals surface area contributed by atoms with Gasteiger partial charge < -0.3 is 15.2 Å². The summed E-state index contributed by atoms with van der Waals surface area (Å²) in [5.74, 6) is 0.232. The Kier molecular flexibility index (Phi) is 4.63. The molecule has 0 saturated heterocycles. The van der Waals surface area contributed by atoms with Crippen LogP contribution in [0.15, 0.2) is 42.5 Å². The van der Waals surface area contributed by atoms with Crippen LogP contribution in [0, 0.1) is 0 Å². The van der Waals surface area contributed by atoms with Gasteiger partial charge >= 0.3 is 6.61 Å². The molecule has 0 aliphatic heterocycles. The van der Waals surface area contributed by atoms with E-state index in [0.717, 1.165) is 0 Å². The molecule has 6 heteroatoms. The number of benzene rings is 2. The van der Waals surface area contributed by atoms with Gasteiger partial charge in [-0.3, -0.25) is 0 Å². The van der Waals surface area contributed by atoms with Crippen LogP contribution in [0.4, 0.5) is 14.5 Å². The fraction of sp³-hybridized carbons (Fsp3) is 0.143. The van der Waals surface area contributed by atoms with E-state index in [-0.39, 0.29) is 11.5 Å². The van der Waals surface area contributed by atoms with E-state index in [1.54, 1.807) is 24.3 Å². The number of ether oxygens (including phenoxy) is 1. The molecule has 0 radical (unpaired) electrons. The van der Waals surface area contributed by atoms with Gasteiger partial charge in [-0.25, -0.2) is 0 Å². The fourth-order valence-corrected chi connectivity index (χ4v) is 1.84. The summed E-state index contributed by atoms with van der Waals surface area (Å²) in [5.41, 5.74) is 1.36. The molecule has 3 nitrogen and oxygen atoms in total. The first-order chi connectivity index (χ1) is 9.54. The van der Waals surface area contributed by atoms with E-state index in [0.29, 0.717) is 22.8 Å². The minimum absolute atomic E-state index is 0.0937. The van der Waals surface area contributed by atoms with Crippen LogP contribution in [-0.2, 0) is 6.54 Å². The van der Waals surface area contributed by atoms with Crippen molar-refractivity contribution in [3.05, 3.63) is 53.1 Å². The molecule has 106 valence electrons. The Labute approximate surface area is 119 Å². The van der Waals surface area contributed by atoms with Crippen LogP contribution >= 0.6 is 11.6 Å². The van der Waals surface area contributed by atoms with Crippen molar-refractivity contribution in [1.82, 2.24) is 0 Å². The number of nitrogens with one attached hydrogen (secondary N) is 1. The molecule has 0 aliphatic rings. The molecule has 0 aliphatic carbocycles. The number of anilines is 1. The second-order valence-electron chi connectivity index (χ2n) is 4.03. The van der Waals surface area contributed by atoms with Gasteiger partial charge in [0, 0.05) is 22.8 Å². The molecule has 2 rings (SSSR count). The largest absolute Gasteiger partial charge is 0.508 e. The first-order valence-electron chi connectivity index (χ1n) is 5.81. The van der Waals surface area contributed by atoms with E-state index in [1.807, 2.05) is 0 Å². The van der Waals surface area contributed by atoms with Gasteiger partial charge in [0.25, 0.3) is 0 Å². The standard InChI is InChI=1S/C14H12ClF2NO2/c15-10-1-6-13(19)9(7-10)8-18-11-2-4-12(5-3-11)20-14(16)17/h1-7,14,18-19H,8H2. The molecule has 2 N–H and O–H groups in total. The van der Waals surface area contributed by atoms with Gasteiger partial charge in [-0.1, -0.05) is 11.6 Å². The lowest BCUT2D eigenvalue weighted by atomic mass is 10.2. The highest BCUT2D eigenvalue weighted by atomic mass is 35.5. The minimum atomic E-state index is -2.84. The number of rotatable bonds is 5. The highest BCUT2D eigenvalue weighted by Crippen LogP contribution is 2.23. The van der Waals surface area contributed by atoms with Gasteiger partial charge in [0.05, 0.1) is 0 Å². The molecule has 2 aromatic rings. The molecule has 0 atom stereocenters. The molecule has 20 heavy (non-hydrogen) atoms. The maximum absolute atomic E-state index is 12.0. The van der Waals surface area contributed by atoms with Crippen molar-refractivity contribution in [3.63, 3.8) is 0 Å². The number of phenols is 1. The normalized spacial score (nSPS) is 10.6. The molecule has 0 spiro atoms. The molecule has 0 saturated carbocycles. The molecule has 0 bridgehead atoms. The van der Waals surface area contributed by atoms with Crippen LogP contribution in [0.1, 0.15) is 5.56 Å². The predicted molar refractivity (Wildman–Crippen MR) is 73.5 cm³/mol. The number of hydrogen-bond donors (Lipinski definition) is 2. The van der Waals surface area contributed by atoms with Crippen molar-refractivity contribution in [2.24, 2.45) is 0 Å². The van der Waals surface area contributed by atoms with Gasteiger partial charge in [-0.05, 0) is 42.5 Å². The topological polar surface area (TPSA) is 41.5 Å². The van der Waals surface area contributed by atoms with Gasteiger partial charge in [0.2, 0.25) is 0 Å². The molecule has 0 unspecified atom stereocenters. The quantitative estimate of drug-likeness (QED) is 0.867. The zero-order valence-corrected chi connectivity index (χ0v) is 11.1. The molecule has 0 aromatic heterocycles. The Balaban J connectivity index is 1.98. The molecule has 0 heterocycles. The van der Waals surface area contributed by atoms with Crippen molar-refractivity contribution in [2.45, 2.75) is 13.2 Å². The number of alkyl halides is 2. The molecular formula is C14H12ClF2NO2. The Bertz CT molecular complexity index is 576. The van der Waals surface area contributed by atoms with Crippen molar-refractivity contribution in [1.29, 1.82) is 0 Å². The van der Waals surface area contributed by atoms with E-state index in [2.05, 4.69) is 10.1 Å². The highest BCUT2D eigenvalue weighted by molar-refractivity contribution is 6.30. The number of phenolic OH excluding ortho intramolecular Hbond substituents is 1. The van der Waals surface area contributed by atoms with E-state index in [4.69, 9.17) is 11.6 Å². The summed E-state index contributed by atoms with van der Waals surface area (Å²) in [7, 11) is 0. The molecule has 2 aromatic carbocycles. The van der Waals surface area contributed by atoms with Crippen LogP contribution in [-0.4, -0.2) is 11.7 Å². The van der Waals surface area contributed by atoms with Gasteiger partial charge in [0.1, 0.15) is 11.5 Å². The van der Waals surface area contributed by atoms with E-state index in [9.17, 15) is 13.9 Å². The maximum Gasteiger partial charge on any atom is 0.387 e. The summed E-state index contributed by atoms with van der Waals surface area (Å²) >= 11 is 5.84. The van der Waals surface area contributed by atoms with E-state index < -0.39 is 6.61 Å². The van der Waals surface area contributed by atoms with Crippen molar-refractivity contribution >= 4 is 17.3 Å². The smallest absolute Gasteiger partial charge is 0.387 e. The monoisotopic (exact) mass is 299 g/mol. The van der Waals surface area contributed by atoms with Gasteiger partial charge in [0.15, 0.2) is 0 Å². The molecule has 0 amide bonds. The average molecular weight is 300 g/mol. The van der Waals surface area contributed by atoms with Crippen molar-refractivity contribution < 1.29 is 18.6 Å². The Morgan fingerprint density at radius 3 is 2.50 bits per heavy atom. The predicted octanol–water partition coefficient (Wildman–Crippen LogP) is 4.26. The van der Waals surface area contributed by atoms with Gasteiger partial charge in [-0.15, -0.1) is 0 Å². The Morgan fingerprint density at radius 1 is 1.15 bits per heavy atom. The number of halogens is 3. The first-order valence-corrected chi connectivity index (χ1v) is 6.18. The third-order valence-corrected chi connectivity index (χ3v) is 2.84. The van der Waals surface area contributed by atoms with Crippen LogP contribution in [0.3, 0.4) is 0 Å². The van der Waals surface area contributed by atoms with Crippen LogP contribution < -0.4 is 10.1 Å². The zero-order valence-electron chi connectivity index (χ0n) is 10.3. The molecule has 0 fully saturated rings. The number of aromatic hydroxyl groups is 1. The Morgan fingerprint density at radius 2 is 1.85 bits per heavy atom. The summed E-state index contributed by atoms with van der Waals surface area (Å²) in [5, 5.41) is 13.2. The summed E-state index contributed by atoms with van der Waals surface area (Å²) < 4.78 is 28.2. The second-order valence-corrected chi connectivity index (χ2v) is 4.47. The van der Waals surface area contributed by atoms with Crippen LogP contribution in [0.5, 0.6) is 11.5 Å². The Hall–Kier alpha value is -2.01. The summed E-state index contributed by atoms with van der Waals surface area (Å²) in [6.45, 7) is -2.47. The third-order valence-electron chi connectivity index (χ3n) is 2.60. The third kappa shape index (κ3) is 3.99. The fourth-order valence-electron chi connectivity index (χ4n) is 1.65. The molecular weight excluding hydrogens is 288 g/mol. The summed E-state index contributed by atoms with van der Waals surface area (Å²) in [6.07, 6.45) is 0. The highest BCUT2D eigenvalue weighted by Gasteiger charge is 2.05. The summed E-state index contributed by atoms with van der Waals surface area (Å²) in [6, 6.07) is 10.9. The van der Waals surface area contributed by atoms with Gasteiger partial charge in [-0.2, -0.15) is 8.78 Å². The second kappa shape index (κ2) is 6.43. The van der Waals surface area contributed by atoms with Crippen LogP contribution in [0.25, 0.3) is 0 Å². The lowest BCUT2D eigenvalue weighted by Gasteiger charge is -2.10. The van der Waals surface area contributed by atoms with Crippen molar-refractivity contribution in [3.8, 4) is 11.5 Å². The lowest BCUT2D eigenvalue weighted by Crippen LogP contribution is -2.02. The lowest BCUT2D eigenvalue weighted by molar-refractivity contribution is -0.0498. The first kappa shape index (κ1) is 14.4. The number of hydrogen-bond acceptors (Lipinski definition) is 3. The average Bonchev–Trinajstić information content (AvgIpc) is 2.41. The zero-order chi connectivity index (χ0) is 14.5.